The first-order chi connectivity index (χ1) is 10.6. The molecule has 116 valence electrons. The van der Waals surface area contributed by atoms with Crippen molar-refractivity contribution in [3.63, 3.8) is 0 Å². The lowest BCUT2D eigenvalue weighted by Gasteiger charge is -2.34. The molecule has 6 nitrogen and oxygen atoms in total. The number of benzene rings is 1. The van der Waals surface area contributed by atoms with Crippen molar-refractivity contribution in [3.8, 4) is 0 Å². The molecular weight excluding hydrogens is 282 g/mol. The summed E-state index contributed by atoms with van der Waals surface area (Å²) >= 11 is 0. The number of nitrogens with zero attached hydrogens (tertiary/aromatic N) is 3. The second-order valence-electron chi connectivity index (χ2n) is 5.58. The highest BCUT2D eigenvalue weighted by atomic mass is 16.3. The van der Waals surface area contributed by atoms with E-state index in [0.717, 1.165) is 31.9 Å². The zero-order valence-corrected chi connectivity index (χ0v) is 12.8. The van der Waals surface area contributed by atoms with Gasteiger partial charge in [0.25, 0.3) is 0 Å². The van der Waals surface area contributed by atoms with Crippen molar-refractivity contribution in [2.24, 2.45) is 0 Å². The maximum atomic E-state index is 11.9. The third-order valence-electron chi connectivity index (χ3n) is 4.06. The average molecular weight is 301 g/mol. The molecule has 0 spiro atoms. The van der Waals surface area contributed by atoms with Crippen LogP contribution in [0.25, 0.3) is 11.1 Å². The van der Waals surface area contributed by atoms with Crippen LogP contribution in [-0.4, -0.2) is 55.2 Å². The van der Waals surface area contributed by atoms with Crippen molar-refractivity contribution in [3.05, 3.63) is 23.6 Å². The average Bonchev–Trinajstić information content (AvgIpc) is 2.97. The highest BCUT2D eigenvalue weighted by molar-refractivity contribution is 6.36. The fourth-order valence-electron chi connectivity index (χ4n) is 2.71. The van der Waals surface area contributed by atoms with Gasteiger partial charge in [0.15, 0.2) is 17.8 Å². The third kappa shape index (κ3) is 2.62. The second kappa shape index (κ2) is 5.88. The quantitative estimate of drug-likeness (QED) is 0.484. The first-order valence-electron chi connectivity index (χ1n) is 7.49. The van der Waals surface area contributed by atoms with E-state index >= 15 is 0 Å². The summed E-state index contributed by atoms with van der Waals surface area (Å²) in [5, 5.41) is 0. The van der Waals surface area contributed by atoms with E-state index in [1.54, 1.807) is 6.07 Å². The van der Waals surface area contributed by atoms with Gasteiger partial charge in [-0.2, -0.15) is 0 Å². The highest BCUT2D eigenvalue weighted by Gasteiger charge is 2.21. The number of hydrogen-bond acceptors (Lipinski definition) is 6. The molecule has 0 radical (unpaired) electrons. The van der Waals surface area contributed by atoms with Crippen molar-refractivity contribution in [2.45, 2.75) is 13.3 Å². The zero-order valence-electron chi connectivity index (χ0n) is 12.8. The Hall–Kier alpha value is -2.21. The van der Waals surface area contributed by atoms with E-state index in [9.17, 15) is 9.59 Å². The van der Waals surface area contributed by atoms with Crippen LogP contribution in [0, 0.1) is 0 Å². The predicted octanol–water partition coefficient (Wildman–Crippen LogP) is 1.52. The van der Waals surface area contributed by atoms with Gasteiger partial charge in [-0.3, -0.25) is 9.59 Å². The predicted molar refractivity (Wildman–Crippen MR) is 83.5 cm³/mol. The molecule has 1 fully saturated rings. The number of oxazole rings is 1. The topological polar surface area (TPSA) is 66.7 Å². The Morgan fingerprint density at radius 1 is 1.32 bits per heavy atom. The lowest BCUT2D eigenvalue weighted by atomic mass is 10.1. The first kappa shape index (κ1) is 14.7. The number of Topliss-reactive ketones (excluding diaryl/α,β-unsaturated/α-hetero) is 1. The standard InChI is InChI=1S/C16H19N3O3/c1-3-15-17-13-9-11(19-6-4-18(2)5-7-19)8-12(14(21)10-20)16(13)22-15/h8-10H,3-7H2,1-2H3. The molecule has 3 rings (SSSR count). The largest absolute Gasteiger partial charge is 0.440 e. The van der Waals surface area contributed by atoms with E-state index in [0.29, 0.717) is 35.3 Å². The number of ketones is 1. The van der Waals surface area contributed by atoms with Gasteiger partial charge >= 0.3 is 0 Å². The lowest BCUT2D eigenvalue weighted by Crippen LogP contribution is -2.44. The van der Waals surface area contributed by atoms with E-state index in [1.165, 1.54) is 0 Å². The van der Waals surface area contributed by atoms with Crippen LogP contribution in [0.15, 0.2) is 16.5 Å². The van der Waals surface area contributed by atoms with Gasteiger partial charge < -0.3 is 14.2 Å². The number of piperazine rings is 1. The van der Waals surface area contributed by atoms with Crippen molar-refractivity contribution < 1.29 is 14.0 Å². The molecule has 0 N–H and O–H groups in total. The SMILES string of the molecule is CCc1nc2cc(N3CCN(C)CC3)cc(C(=O)C=O)c2o1. The van der Waals surface area contributed by atoms with Crippen LogP contribution >= 0.6 is 0 Å². The highest BCUT2D eigenvalue weighted by Crippen LogP contribution is 2.28. The number of carbonyl (C=O) groups is 2. The van der Waals surface area contributed by atoms with Crippen LogP contribution in [-0.2, 0) is 11.2 Å². The smallest absolute Gasteiger partial charge is 0.229 e. The summed E-state index contributed by atoms with van der Waals surface area (Å²) in [6, 6.07) is 3.68. The summed E-state index contributed by atoms with van der Waals surface area (Å²) in [5.41, 5.74) is 2.26. The number of aryl methyl sites for hydroxylation is 1. The van der Waals surface area contributed by atoms with Crippen molar-refractivity contribution in [1.82, 2.24) is 9.88 Å². The maximum absolute atomic E-state index is 11.9. The Balaban J connectivity index is 2.07. The van der Waals surface area contributed by atoms with Gasteiger partial charge in [0.2, 0.25) is 5.78 Å². The molecule has 1 saturated heterocycles. The molecule has 0 aliphatic carbocycles. The van der Waals surface area contributed by atoms with Gasteiger partial charge in [0, 0.05) is 38.3 Å². The summed E-state index contributed by atoms with van der Waals surface area (Å²) in [5.74, 6) is 0.00487. The summed E-state index contributed by atoms with van der Waals surface area (Å²) < 4.78 is 5.61. The van der Waals surface area contributed by atoms with Gasteiger partial charge in [-0.1, -0.05) is 6.92 Å². The van der Waals surface area contributed by atoms with Crippen molar-refractivity contribution in [1.29, 1.82) is 0 Å². The number of carbonyl (C=O) groups excluding carboxylic acids is 2. The maximum Gasteiger partial charge on any atom is 0.229 e. The number of aldehydes is 1. The Labute approximate surface area is 128 Å². The fourth-order valence-corrected chi connectivity index (χ4v) is 2.71. The third-order valence-corrected chi connectivity index (χ3v) is 4.06. The molecule has 0 bridgehead atoms. The van der Waals surface area contributed by atoms with Crippen molar-refractivity contribution in [2.75, 3.05) is 38.1 Å². The number of fused-ring (bicyclic) bond motifs is 1. The first-order valence-corrected chi connectivity index (χ1v) is 7.49. The molecule has 0 saturated carbocycles. The van der Waals surface area contributed by atoms with Gasteiger partial charge in [-0.15, -0.1) is 0 Å². The number of rotatable bonds is 4. The minimum Gasteiger partial charge on any atom is -0.440 e. The molecular formula is C16H19N3O3. The van der Waals surface area contributed by atoms with E-state index in [-0.39, 0.29) is 0 Å². The van der Waals surface area contributed by atoms with Crippen molar-refractivity contribution >= 4 is 28.9 Å². The van der Waals surface area contributed by atoms with Gasteiger partial charge in [0.05, 0.1) is 5.56 Å². The van der Waals surface area contributed by atoms with Crippen LogP contribution in [0.2, 0.25) is 0 Å². The van der Waals surface area contributed by atoms with Crippen LogP contribution < -0.4 is 4.90 Å². The Kier molecular flexibility index (Phi) is 3.94. The summed E-state index contributed by atoms with van der Waals surface area (Å²) in [7, 11) is 2.09. The number of aromatic nitrogens is 1. The van der Waals surface area contributed by atoms with E-state index in [1.807, 2.05) is 13.0 Å². The molecule has 2 aromatic rings. The number of anilines is 1. The molecule has 0 atom stereocenters. The van der Waals surface area contributed by atoms with E-state index < -0.39 is 5.78 Å². The van der Waals surface area contributed by atoms with Gasteiger partial charge in [0.1, 0.15) is 5.52 Å². The molecule has 22 heavy (non-hydrogen) atoms. The number of likely N-dealkylation sites (N-methyl/N-ethyl adjacent to an activating group) is 1. The van der Waals surface area contributed by atoms with Crippen LogP contribution in [0.3, 0.4) is 0 Å². The van der Waals surface area contributed by atoms with Crippen LogP contribution in [0.5, 0.6) is 0 Å². The van der Waals surface area contributed by atoms with Crippen LogP contribution in [0.4, 0.5) is 5.69 Å². The second-order valence-corrected chi connectivity index (χ2v) is 5.58. The molecule has 1 aromatic heterocycles. The van der Waals surface area contributed by atoms with Gasteiger partial charge in [-0.05, 0) is 19.2 Å². The normalized spacial score (nSPS) is 16.2. The van der Waals surface area contributed by atoms with E-state index in [4.69, 9.17) is 4.42 Å². The fraction of sp³-hybridized carbons (Fsp3) is 0.438. The molecule has 1 aliphatic heterocycles. The van der Waals surface area contributed by atoms with Crippen LogP contribution in [0.1, 0.15) is 23.2 Å². The van der Waals surface area contributed by atoms with E-state index in [2.05, 4.69) is 21.8 Å². The molecule has 1 aliphatic rings. The molecule has 1 aromatic carbocycles. The molecule has 2 heterocycles. The summed E-state index contributed by atoms with van der Waals surface area (Å²) in [6.07, 6.45) is 0.976. The minimum atomic E-state index is -0.570. The molecule has 0 amide bonds. The lowest BCUT2D eigenvalue weighted by molar-refractivity contribution is -0.104. The molecule has 6 heteroatoms. The minimum absolute atomic E-state index is 0.300. The number of hydrogen-bond donors (Lipinski definition) is 0. The Morgan fingerprint density at radius 3 is 2.68 bits per heavy atom. The van der Waals surface area contributed by atoms with Gasteiger partial charge in [-0.25, -0.2) is 4.98 Å². The zero-order chi connectivity index (χ0) is 15.7. The Bertz CT molecular complexity index is 715. The molecule has 0 unspecified atom stereocenters. The summed E-state index contributed by atoms with van der Waals surface area (Å²) in [6.45, 7) is 5.64. The summed E-state index contributed by atoms with van der Waals surface area (Å²) in [4.78, 5) is 31.7. The Morgan fingerprint density at radius 2 is 2.05 bits per heavy atom. The monoisotopic (exact) mass is 301 g/mol.